The Hall–Kier alpha value is -0.0300. The Morgan fingerprint density at radius 3 is 2.85 bits per heavy atom. The van der Waals surface area contributed by atoms with Crippen molar-refractivity contribution in [2.24, 2.45) is 5.73 Å². The molecule has 2 N–H and O–H groups in total. The molecule has 0 aliphatic carbocycles. The van der Waals surface area contributed by atoms with Gasteiger partial charge in [0, 0.05) is 17.4 Å². The lowest BCUT2D eigenvalue weighted by Crippen LogP contribution is -2.10. The van der Waals surface area contributed by atoms with E-state index in [4.69, 9.17) is 5.73 Å². The Kier molecular flexibility index (Phi) is 4.80. The molecule has 1 heterocycles. The maximum atomic E-state index is 11.0. The zero-order valence-corrected chi connectivity index (χ0v) is 9.16. The number of amides is 1. The molecule has 1 fully saturated rings. The molecule has 0 spiro atoms. The van der Waals surface area contributed by atoms with Crippen LogP contribution in [0.2, 0.25) is 0 Å². The Morgan fingerprint density at radius 1 is 1.54 bits per heavy atom. The van der Waals surface area contributed by atoms with Crippen molar-refractivity contribution >= 4 is 26.5 Å². The SMILES string of the molecule is NC(=O)CCCCC1CCS(=O)S1. The third kappa shape index (κ3) is 4.67. The van der Waals surface area contributed by atoms with E-state index in [0.717, 1.165) is 31.4 Å². The van der Waals surface area contributed by atoms with Gasteiger partial charge in [0.15, 0.2) is 0 Å². The number of primary amides is 1. The average molecular weight is 221 g/mol. The van der Waals surface area contributed by atoms with Crippen LogP contribution >= 0.6 is 10.8 Å². The van der Waals surface area contributed by atoms with Crippen molar-refractivity contribution in [3.8, 4) is 0 Å². The van der Waals surface area contributed by atoms with Crippen LogP contribution in [-0.2, 0) is 14.6 Å². The van der Waals surface area contributed by atoms with Gasteiger partial charge in [0.1, 0.15) is 0 Å². The summed E-state index contributed by atoms with van der Waals surface area (Å²) < 4.78 is 11.0. The van der Waals surface area contributed by atoms with Gasteiger partial charge in [0.25, 0.3) is 0 Å². The second-order valence-corrected chi connectivity index (χ2v) is 6.79. The summed E-state index contributed by atoms with van der Waals surface area (Å²) in [6, 6.07) is 0. The van der Waals surface area contributed by atoms with Gasteiger partial charge < -0.3 is 5.73 Å². The Morgan fingerprint density at radius 2 is 2.31 bits per heavy atom. The van der Waals surface area contributed by atoms with Crippen LogP contribution in [-0.4, -0.2) is 21.1 Å². The van der Waals surface area contributed by atoms with E-state index < -0.39 is 9.83 Å². The quantitative estimate of drug-likeness (QED) is 0.560. The minimum absolute atomic E-state index is 0.220. The van der Waals surface area contributed by atoms with E-state index in [-0.39, 0.29) is 5.91 Å². The molecule has 5 heteroatoms. The Balaban J connectivity index is 2.00. The smallest absolute Gasteiger partial charge is 0.217 e. The molecule has 0 bridgehead atoms. The van der Waals surface area contributed by atoms with Crippen molar-refractivity contribution in [1.29, 1.82) is 0 Å². The summed E-state index contributed by atoms with van der Waals surface area (Å²) in [6.45, 7) is 0. The summed E-state index contributed by atoms with van der Waals surface area (Å²) in [5, 5.41) is 0.550. The fourth-order valence-electron chi connectivity index (χ4n) is 1.34. The number of rotatable bonds is 5. The first-order valence-corrected chi connectivity index (χ1v) is 7.24. The second kappa shape index (κ2) is 5.65. The highest BCUT2D eigenvalue weighted by molar-refractivity contribution is 8.69. The molecule has 0 radical (unpaired) electrons. The van der Waals surface area contributed by atoms with Crippen LogP contribution in [0.3, 0.4) is 0 Å². The van der Waals surface area contributed by atoms with E-state index >= 15 is 0 Å². The van der Waals surface area contributed by atoms with Crippen molar-refractivity contribution in [2.75, 3.05) is 5.75 Å². The standard InChI is InChI=1S/C8H15NO2S2/c9-8(10)4-2-1-3-7-5-6-13(11)12-7/h7H,1-6H2,(H2,9,10). The third-order valence-electron chi connectivity index (χ3n) is 2.05. The van der Waals surface area contributed by atoms with Crippen LogP contribution in [0.15, 0.2) is 0 Å². The van der Waals surface area contributed by atoms with Gasteiger partial charge in [-0.25, -0.2) is 4.21 Å². The summed E-state index contributed by atoms with van der Waals surface area (Å²) in [6.07, 6.45) is 4.52. The molecule has 1 rings (SSSR count). The van der Waals surface area contributed by atoms with Crippen LogP contribution in [0.5, 0.6) is 0 Å². The number of carbonyl (C=O) groups is 1. The monoisotopic (exact) mass is 221 g/mol. The van der Waals surface area contributed by atoms with E-state index in [1.807, 2.05) is 0 Å². The van der Waals surface area contributed by atoms with Crippen molar-refractivity contribution in [3.63, 3.8) is 0 Å². The highest BCUT2D eigenvalue weighted by atomic mass is 33.1. The predicted octanol–water partition coefficient (Wildman–Crippen LogP) is 1.20. The first-order chi connectivity index (χ1) is 6.18. The third-order valence-corrected chi connectivity index (χ3v) is 5.54. The summed E-state index contributed by atoms with van der Waals surface area (Å²) in [7, 11) is 0.938. The lowest BCUT2D eigenvalue weighted by atomic mass is 10.1. The van der Waals surface area contributed by atoms with Crippen LogP contribution < -0.4 is 5.73 Å². The Bertz CT molecular complexity index is 208. The van der Waals surface area contributed by atoms with Gasteiger partial charge in [-0.15, -0.1) is 0 Å². The molecule has 1 saturated heterocycles. The minimum atomic E-state index is -0.642. The van der Waals surface area contributed by atoms with Gasteiger partial charge in [-0.05, 0) is 19.3 Å². The maximum Gasteiger partial charge on any atom is 0.217 e. The molecule has 3 nitrogen and oxygen atoms in total. The van der Waals surface area contributed by atoms with Gasteiger partial charge in [0.05, 0.1) is 9.83 Å². The lowest BCUT2D eigenvalue weighted by molar-refractivity contribution is -0.118. The molecule has 1 aliphatic heterocycles. The molecule has 13 heavy (non-hydrogen) atoms. The zero-order valence-electron chi connectivity index (χ0n) is 7.53. The molecule has 0 aromatic heterocycles. The molecule has 1 amide bonds. The highest BCUT2D eigenvalue weighted by Gasteiger charge is 2.21. The summed E-state index contributed by atoms with van der Waals surface area (Å²) >= 11 is 0. The summed E-state index contributed by atoms with van der Waals surface area (Å²) in [5.41, 5.74) is 5.02. The predicted molar refractivity (Wildman–Crippen MR) is 56.7 cm³/mol. The first kappa shape index (κ1) is 11.0. The van der Waals surface area contributed by atoms with Crippen molar-refractivity contribution in [2.45, 2.75) is 37.4 Å². The van der Waals surface area contributed by atoms with Crippen LogP contribution in [0.1, 0.15) is 32.1 Å². The van der Waals surface area contributed by atoms with Crippen LogP contribution in [0.25, 0.3) is 0 Å². The second-order valence-electron chi connectivity index (χ2n) is 3.23. The molecule has 76 valence electrons. The number of hydrogen-bond acceptors (Lipinski definition) is 3. The van der Waals surface area contributed by atoms with Crippen molar-refractivity contribution in [3.05, 3.63) is 0 Å². The molecule has 0 saturated carbocycles. The largest absolute Gasteiger partial charge is 0.370 e. The van der Waals surface area contributed by atoms with Gasteiger partial charge >= 0.3 is 0 Å². The molecule has 0 aromatic carbocycles. The van der Waals surface area contributed by atoms with E-state index in [2.05, 4.69) is 0 Å². The molecular weight excluding hydrogens is 206 g/mol. The Labute approximate surface area is 84.7 Å². The number of hydrogen-bond donors (Lipinski definition) is 1. The van der Waals surface area contributed by atoms with E-state index in [0.29, 0.717) is 11.7 Å². The summed E-state index contributed by atoms with van der Waals surface area (Å²) in [4.78, 5) is 10.4. The number of nitrogens with two attached hydrogens (primary N) is 1. The van der Waals surface area contributed by atoms with E-state index in [1.165, 1.54) is 0 Å². The molecule has 0 aromatic rings. The van der Waals surface area contributed by atoms with Crippen molar-refractivity contribution in [1.82, 2.24) is 0 Å². The van der Waals surface area contributed by atoms with E-state index in [1.54, 1.807) is 10.8 Å². The highest BCUT2D eigenvalue weighted by Crippen LogP contribution is 2.31. The van der Waals surface area contributed by atoms with E-state index in [9.17, 15) is 9.00 Å². The molecule has 2 unspecified atom stereocenters. The van der Waals surface area contributed by atoms with Gasteiger partial charge in [-0.3, -0.25) is 4.79 Å². The first-order valence-electron chi connectivity index (χ1n) is 4.52. The average Bonchev–Trinajstić information content (AvgIpc) is 2.45. The number of unbranched alkanes of at least 4 members (excludes halogenated alkanes) is 1. The zero-order chi connectivity index (χ0) is 9.68. The molecular formula is C8H15NO2S2. The fourth-order valence-corrected chi connectivity index (χ4v) is 4.91. The maximum absolute atomic E-state index is 11.0. The molecule has 1 aliphatic rings. The minimum Gasteiger partial charge on any atom is -0.370 e. The van der Waals surface area contributed by atoms with Crippen LogP contribution in [0.4, 0.5) is 0 Å². The van der Waals surface area contributed by atoms with Gasteiger partial charge in [0.2, 0.25) is 5.91 Å². The van der Waals surface area contributed by atoms with Crippen LogP contribution in [0, 0.1) is 0 Å². The lowest BCUT2D eigenvalue weighted by Gasteiger charge is -2.04. The number of carbonyl (C=O) groups excluding carboxylic acids is 1. The fraction of sp³-hybridized carbons (Fsp3) is 0.875. The van der Waals surface area contributed by atoms with Gasteiger partial charge in [-0.1, -0.05) is 17.2 Å². The topological polar surface area (TPSA) is 60.2 Å². The summed E-state index contributed by atoms with van der Waals surface area (Å²) in [5.74, 6) is 0.619. The van der Waals surface area contributed by atoms with Gasteiger partial charge in [-0.2, -0.15) is 0 Å². The normalized spacial score (nSPS) is 27.7. The molecule has 2 atom stereocenters. The van der Waals surface area contributed by atoms with Crippen molar-refractivity contribution < 1.29 is 9.00 Å².